The second kappa shape index (κ2) is 5.38. The molecule has 0 unspecified atom stereocenters. The Morgan fingerprint density at radius 1 is 1.67 bits per heavy atom. The summed E-state index contributed by atoms with van der Waals surface area (Å²) in [6.45, 7) is 2.65. The van der Waals surface area contributed by atoms with Crippen LogP contribution in [-0.4, -0.2) is 11.7 Å². The van der Waals surface area contributed by atoms with Crippen molar-refractivity contribution in [3.63, 3.8) is 0 Å². The van der Waals surface area contributed by atoms with Gasteiger partial charge in [0.05, 0.1) is 6.26 Å². The molecule has 0 heterocycles. The highest BCUT2D eigenvalue weighted by atomic mass is 16.2. The van der Waals surface area contributed by atoms with Crippen molar-refractivity contribution < 1.29 is 5.11 Å². The Morgan fingerprint density at radius 2 is 2.33 bits per heavy atom. The highest BCUT2D eigenvalue weighted by molar-refractivity contribution is 5.08. The summed E-state index contributed by atoms with van der Waals surface area (Å²) in [6, 6.07) is 0. The van der Waals surface area contributed by atoms with E-state index in [1.807, 2.05) is 13.0 Å². The predicted molar refractivity (Wildman–Crippen MR) is 39.2 cm³/mol. The van der Waals surface area contributed by atoms with Gasteiger partial charge in [-0.2, -0.15) is 0 Å². The number of hydrogen-bond acceptors (Lipinski definition) is 2. The van der Waals surface area contributed by atoms with Gasteiger partial charge in [-0.1, -0.05) is 11.6 Å². The molecule has 0 fully saturated rings. The summed E-state index contributed by atoms with van der Waals surface area (Å²) in [5.41, 5.74) is 6.46. The molecule has 0 aliphatic heterocycles. The summed E-state index contributed by atoms with van der Waals surface area (Å²) in [7, 11) is 0. The zero-order valence-corrected chi connectivity index (χ0v) is 5.67. The van der Waals surface area contributed by atoms with Gasteiger partial charge in [-0.25, -0.2) is 0 Å². The summed E-state index contributed by atoms with van der Waals surface area (Å²) in [4.78, 5) is 0. The molecule has 0 bridgehead atoms. The zero-order chi connectivity index (χ0) is 7.11. The van der Waals surface area contributed by atoms with Crippen LogP contribution >= 0.6 is 0 Å². The molecular weight excluding hydrogens is 114 g/mol. The second-order valence-electron chi connectivity index (χ2n) is 1.89. The summed E-state index contributed by atoms with van der Waals surface area (Å²) in [6.07, 6.45) is 5.34. The SMILES string of the molecule is C/C(=C\C=C\O)CCN. The molecule has 0 aliphatic rings. The number of aliphatic hydroxyl groups excluding tert-OH is 1. The van der Waals surface area contributed by atoms with Crippen LogP contribution in [0.3, 0.4) is 0 Å². The molecule has 0 aromatic carbocycles. The van der Waals surface area contributed by atoms with Crippen molar-refractivity contribution in [3.8, 4) is 0 Å². The monoisotopic (exact) mass is 127 g/mol. The van der Waals surface area contributed by atoms with Gasteiger partial charge in [-0.15, -0.1) is 0 Å². The summed E-state index contributed by atoms with van der Waals surface area (Å²) in [5.74, 6) is 0. The molecule has 0 saturated carbocycles. The first-order valence-electron chi connectivity index (χ1n) is 2.98. The van der Waals surface area contributed by atoms with E-state index in [0.29, 0.717) is 6.54 Å². The molecule has 0 radical (unpaired) electrons. The van der Waals surface area contributed by atoms with Gasteiger partial charge in [0.2, 0.25) is 0 Å². The maximum Gasteiger partial charge on any atom is 0.0791 e. The van der Waals surface area contributed by atoms with Gasteiger partial charge in [-0.05, 0) is 26.0 Å². The molecule has 52 valence electrons. The Bertz CT molecular complexity index is 116. The topological polar surface area (TPSA) is 46.2 Å². The Kier molecular flexibility index (Phi) is 4.92. The van der Waals surface area contributed by atoms with E-state index >= 15 is 0 Å². The van der Waals surface area contributed by atoms with Gasteiger partial charge in [0.1, 0.15) is 0 Å². The first-order chi connectivity index (χ1) is 4.31. The summed E-state index contributed by atoms with van der Waals surface area (Å²) < 4.78 is 0. The maximum atomic E-state index is 8.23. The quantitative estimate of drug-likeness (QED) is 0.444. The minimum Gasteiger partial charge on any atom is -0.516 e. The van der Waals surface area contributed by atoms with Crippen molar-refractivity contribution in [2.75, 3.05) is 6.54 Å². The summed E-state index contributed by atoms with van der Waals surface area (Å²) >= 11 is 0. The van der Waals surface area contributed by atoms with Gasteiger partial charge >= 0.3 is 0 Å². The lowest BCUT2D eigenvalue weighted by Crippen LogP contribution is -1.98. The van der Waals surface area contributed by atoms with Crippen molar-refractivity contribution in [1.29, 1.82) is 0 Å². The van der Waals surface area contributed by atoms with E-state index in [-0.39, 0.29) is 0 Å². The Balaban J connectivity index is 3.55. The number of nitrogens with two attached hydrogens (primary N) is 1. The van der Waals surface area contributed by atoms with E-state index in [1.54, 1.807) is 6.08 Å². The predicted octanol–water partition coefficient (Wildman–Crippen LogP) is 1.35. The van der Waals surface area contributed by atoms with Gasteiger partial charge in [0.15, 0.2) is 0 Å². The molecule has 0 atom stereocenters. The van der Waals surface area contributed by atoms with Crippen molar-refractivity contribution in [2.24, 2.45) is 5.73 Å². The summed E-state index contributed by atoms with van der Waals surface area (Å²) in [5, 5.41) is 8.23. The van der Waals surface area contributed by atoms with Crippen LogP contribution in [0.5, 0.6) is 0 Å². The maximum absolute atomic E-state index is 8.23. The molecule has 0 spiro atoms. The molecule has 9 heavy (non-hydrogen) atoms. The van der Waals surface area contributed by atoms with Crippen LogP contribution in [0, 0.1) is 0 Å². The Morgan fingerprint density at radius 3 is 2.78 bits per heavy atom. The number of allylic oxidation sites excluding steroid dienone is 2. The van der Waals surface area contributed by atoms with Crippen molar-refractivity contribution in [1.82, 2.24) is 0 Å². The van der Waals surface area contributed by atoms with E-state index in [2.05, 4.69) is 0 Å². The highest BCUT2D eigenvalue weighted by Crippen LogP contribution is 1.96. The molecule has 0 aromatic heterocycles. The van der Waals surface area contributed by atoms with Crippen LogP contribution in [0.2, 0.25) is 0 Å². The van der Waals surface area contributed by atoms with Crippen LogP contribution in [0.4, 0.5) is 0 Å². The molecule has 3 N–H and O–H groups in total. The third-order valence-electron chi connectivity index (χ3n) is 1.01. The Labute approximate surface area is 55.7 Å². The molecule has 0 amide bonds. The van der Waals surface area contributed by atoms with E-state index in [4.69, 9.17) is 10.8 Å². The zero-order valence-electron chi connectivity index (χ0n) is 5.67. The molecule has 2 heteroatoms. The fourth-order valence-electron chi connectivity index (χ4n) is 0.518. The fourth-order valence-corrected chi connectivity index (χ4v) is 0.518. The van der Waals surface area contributed by atoms with E-state index in [0.717, 1.165) is 12.7 Å². The van der Waals surface area contributed by atoms with Crippen LogP contribution in [-0.2, 0) is 0 Å². The average molecular weight is 127 g/mol. The average Bonchev–Trinajstić information content (AvgIpc) is 1.85. The van der Waals surface area contributed by atoms with Crippen LogP contribution in [0.1, 0.15) is 13.3 Å². The van der Waals surface area contributed by atoms with E-state index in [1.165, 1.54) is 5.57 Å². The van der Waals surface area contributed by atoms with E-state index in [9.17, 15) is 0 Å². The molecule has 2 nitrogen and oxygen atoms in total. The molecule has 0 aliphatic carbocycles. The first-order valence-corrected chi connectivity index (χ1v) is 2.98. The Hall–Kier alpha value is -0.760. The molecule has 0 aromatic rings. The number of hydrogen-bond donors (Lipinski definition) is 2. The van der Waals surface area contributed by atoms with Crippen LogP contribution in [0.15, 0.2) is 24.0 Å². The van der Waals surface area contributed by atoms with Crippen molar-refractivity contribution in [2.45, 2.75) is 13.3 Å². The molecule has 0 rings (SSSR count). The van der Waals surface area contributed by atoms with Gasteiger partial charge in [-0.3, -0.25) is 0 Å². The van der Waals surface area contributed by atoms with Crippen LogP contribution < -0.4 is 5.73 Å². The van der Waals surface area contributed by atoms with Gasteiger partial charge in [0.25, 0.3) is 0 Å². The standard InChI is InChI=1S/C7H13NO/c1-7(4-5-8)3-2-6-9/h2-3,6,9H,4-5,8H2,1H3/b6-2+,7-3+. The largest absolute Gasteiger partial charge is 0.516 e. The van der Waals surface area contributed by atoms with Crippen LogP contribution in [0.25, 0.3) is 0 Å². The fraction of sp³-hybridized carbons (Fsp3) is 0.429. The highest BCUT2D eigenvalue weighted by Gasteiger charge is 1.81. The lowest BCUT2D eigenvalue weighted by Gasteiger charge is -1.92. The molecular formula is C7H13NO. The van der Waals surface area contributed by atoms with Crippen molar-refractivity contribution >= 4 is 0 Å². The third kappa shape index (κ3) is 5.11. The first kappa shape index (κ1) is 8.24. The molecule has 0 saturated heterocycles. The third-order valence-corrected chi connectivity index (χ3v) is 1.01. The van der Waals surface area contributed by atoms with Gasteiger partial charge in [0, 0.05) is 0 Å². The lowest BCUT2D eigenvalue weighted by molar-refractivity contribution is 0.473. The minimum absolute atomic E-state index is 0.668. The lowest BCUT2D eigenvalue weighted by atomic mass is 10.2. The van der Waals surface area contributed by atoms with Crippen molar-refractivity contribution in [3.05, 3.63) is 24.0 Å². The number of rotatable bonds is 3. The normalized spacial score (nSPS) is 12.9. The van der Waals surface area contributed by atoms with Gasteiger partial charge < -0.3 is 10.8 Å². The minimum atomic E-state index is 0.668. The number of aliphatic hydroxyl groups is 1. The smallest absolute Gasteiger partial charge is 0.0791 e. The van der Waals surface area contributed by atoms with E-state index < -0.39 is 0 Å². The second-order valence-corrected chi connectivity index (χ2v) is 1.89.